The predicted octanol–water partition coefficient (Wildman–Crippen LogP) is -0.813. The second-order valence-electron chi connectivity index (χ2n) is 5.90. The molecule has 1 spiro atoms. The van der Waals surface area contributed by atoms with E-state index < -0.39 is 11.6 Å². The van der Waals surface area contributed by atoms with Gasteiger partial charge in [-0.05, 0) is 32.2 Å². The molecule has 3 rings (SSSR count). The molecule has 0 aliphatic carbocycles. The maximum absolute atomic E-state index is 12.5. The molecule has 1 unspecified atom stereocenters. The molecule has 3 fully saturated rings. The van der Waals surface area contributed by atoms with E-state index in [9.17, 15) is 14.4 Å². The zero-order valence-corrected chi connectivity index (χ0v) is 11.4. The first-order valence-corrected chi connectivity index (χ1v) is 7.24. The maximum atomic E-state index is 12.5. The summed E-state index contributed by atoms with van der Waals surface area (Å²) >= 11 is 0. The minimum absolute atomic E-state index is 0.000865. The first-order valence-electron chi connectivity index (χ1n) is 7.24. The summed E-state index contributed by atoms with van der Waals surface area (Å²) in [6.45, 7) is 2.63. The molecular weight excluding hydrogens is 260 g/mol. The first-order chi connectivity index (χ1) is 9.61. The smallest absolute Gasteiger partial charge is 0.322 e. The standard InChI is InChI=1S/C13H20N4O3/c18-10(9-3-1-5-14-7-9)17-6-2-4-13(8-17)11(19)15-12(20)16-13/h9,14H,1-8H2,(H2,15,16,19,20)/t9-,13?/m1/s1. The van der Waals surface area contributed by atoms with Crippen LogP contribution in [0, 0.1) is 5.92 Å². The van der Waals surface area contributed by atoms with Crippen LogP contribution >= 0.6 is 0 Å². The van der Waals surface area contributed by atoms with Gasteiger partial charge in [0.2, 0.25) is 5.91 Å². The molecule has 7 heteroatoms. The number of urea groups is 1. The lowest BCUT2D eigenvalue weighted by molar-refractivity contribution is -0.140. The highest BCUT2D eigenvalue weighted by molar-refractivity contribution is 6.07. The summed E-state index contributed by atoms with van der Waals surface area (Å²) in [5, 5.41) is 8.21. The average molecular weight is 280 g/mol. The van der Waals surface area contributed by atoms with Crippen molar-refractivity contribution in [1.29, 1.82) is 0 Å². The largest absolute Gasteiger partial charge is 0.340 e. The van der Waals surface area contributed by atoms with Crippen LogP contribution in [0.5, 0.6) is 0 Å². The summed E-state index contributed by atoms with van der Waals surface area (Å²) in [5.41, 5.74) is -0.910. The molecule has 3 aliphatic heterocycles. The second kappa shape index (κ2) is 5.05. The number of nitrogens with one attached hydrogen (secondary N) is 3. The minimum atomic E-state index is -0.910. The van der Waals surface area contributed by atoms with Gasteiger partial charge in [-0.15, -0.1) is 0 Å². The van der Waals surface area contributed by atoms with E-state index in [4.69, 9.17) is 0 Å². The SMILES string of the molecule is O=C1NC(=O)C2(CCCN(C(=O)[C@@H]3CCCNC3)C2)N1. The topological polar surface area (TPSA) is 90.5 Å². The summed E-state index contributed by atoms with van der Waals surface area (Å²) in [7, 11) is 0. The highest BCUT2D eigenvalue weighted by Crippen LogP contribution is 2.26. The van der Waals surface area contributed by atoms with Crippen LogP contribution in [0.4, 0.5) is 4.79 Å². The van der Waals surface area contributed by atoms with E-state index in [2.05, 4.69) is 16.0 Å². The van der Waals surface area contributed by atoms with Crippen molar-refractivity contribution in [3.8, 4) is 0 Å². The number of carbonyl (C=O) groups excluding carboxylic acids is 3. The van der Waals surface area contributed by atoms with Crippen molar-refractivity contribution in [3.05, 3.63) is 0 Å². The first kappa shape index (κ1) is 13.4. The van der Waals surface area contributed by atoms with Gasteiger partial charge in [0.15, 0.2) is 0 Å². The highest BCUT2D eigenvalue weighted by Gasteiger charge is 2.49. The fraction of sp³-hybridized carbons (Fsp3) is 0.769. The van der Waals surface area contributed by atoms with Crippen LogP contribution in [-0.4, -0.2) is 54.5 Å². The third-order valence-corrected chi connectivity index (χ3v) is 4.46. The summed E-state index contributed by atoms with van der Waals surface area (Å²) in [5.74, 6) is -0.203. The van der Waals surface area contributed by atoms with Gasteiger partial charge in [-0.1, -0.05) is 0 Å². The Kier molecular flexibility index (Phi) is 3.37. The molecule has 3 aliphatic rings. The van der Waals surface area contributed by atoms with Crippen LogP contribution in [0.25, 0.3) is 0 Å². The molecule has 7 nitrogen and oxygen atoms in total. The van der Waals surface area contributed by atoms with Crippen LogP contribution in [0.15, 0.2) is 0 Å². The van der Waals surface area contributed by atoms with Gasteiger partial charge in [0.1, 0.15) is 5.54 Å². The summed E-state index contributed by atoms with van der Waals surface area (Å²) in [4.78, 5) is 37.6. The molecule has 2 atom stereocenters. The number of rotatable bonds is 1. The van der Waals surface area contributed by atoms with Crippen molar-refractivity contribution < 1.29 is 14.4 Å². The quantitative estimate of drug-likeness (QED) is 0.548. The number of piperidine rings is 2. The minimum Gasteiger partial charge on any atom is -0.340 e. The molecule has 3 N–H and O–H groups in total. The lowest BCUT2D eigenvalue weighted by Crippen LogP contribution is -2.60. The molecule has 0 radical (unpaired) electrons. The number of carbonyl (C=O) groups is 3. The van der Waals surface area contributed by atoms with Gasteiger partial charge in [0.05, 0.1) is 12.5 Å². The third kappa shape index (κ3) is 2.26. The maximum Gasteiger partial charge on any atom is 0.322 e. The molecule has 0 bridgehead atoms. The molecule has 3 heterocycles. The van der Waals surface area contributed by atoms with Gasteiger partial charge in [-0.25, -0.2) is 4.79 Å². The molecule has 0 aromatic heterocycles. The number of imide groups is 1. The summed E-state index contributed by atoms with van der Waals surface area (Å²) < 4.78 is 0. The van der Waals surface area contributed by atoms with E-state index in [1.54, 1.807) is 4.90 Å². The number of amides is 4. The van der Waals surface area contributed by atoms with Gasteiger partial charge in [-0.3, -0.25) is 14.9 Å². The number of nitrogens with zero attached hydrogens (tertiary/aromatic N) is 1. The van der Waals surface area contributed by atoms with Crippen LogP contribution in [0.1, 0.15) is 25.7 Å². The molecule has 0 aromatic carbocycles. The van der Waals surface area contributed by atoms with Crippen molar-refractivity contribution in [3.63, 3.8) is 0 Å². The average Bonchev–Trinajstić information content (AvgIpc) is 2.73. The Morgan fingerprint density at radius 3 is 2.80 bits per heavy atom. The Hall–Kier alpha value is -1.63. The van der Waals surface area contributed by atoms with Crippen LogP contribution in [0.2, 0.25) is 0 Å². The van der Waals surface area contributed by atoms with E-state index in [1.165, 1.54) is 0 Å². The molecule has 110 valence electrons. The molecule has 20 heavy (non-hydrogen) atoms. The van der Waals surface area contributed by atoms with Gasteiger partial charge < -0.3 is 15.5 Å². The van der Waals surface area contributed by atoms with E-state index in [1.807, 2.05) is 0 Å². The Morgan fingerprint density at radius 1 is 1.30 bits per heavy atom. The van der Waals surface area contributed by atoms with Gasteiger partial charge in [0.25, 0.3) is 5.91 Å². The van der Waals surface area contributed by atoms with Crippen LogP contribution in [0.3, 0.4) is 0 Å². The molecular formula is C13H20N4O3. The fourth-order valence-corrected chi connectivity index (χ4v) is 3.38. The number of hydrogen-bond donors (Lipinski definition) is 3. The summed E-state index contributed by atoms with van der Waals surface area (Å²) in [6, 6.07) is -0.455. The van der Waals surface area contributed by atoms with E-state index in [0.717, 1.165) is 25.8 Å². The van der Waals surface area contributed by atoms with Gasteiger partial charge in [-0.2, -0.15) is 0 Å². The van der Waals surface area contributed by atoms with Gasteiger partial charge >= 0.3 is 6.03 Å². The molecule has 0 saturated carbocycles. The lowest BCUT2D eigenvalue weighted by Gasteiger charge is -2.40. The van der Waals surface area contributed by atoms with Crippen molar-refractivity contribution in [2.45, 2.75) is 31.2 Å². The Morgan fingerprint density at radius 2 is 2.15 bits per heavy atom. The second-order valence-corrected chi connectivity index (χ2v) is 5.90. The van der Waals surface area contributed by atoms with Crippen molar-refractivity contribution >= 4 is 17.8 Å². The Labute approximate surface area is 117 Å². The molecule has 4 amide bonds. The number of likely N-dealkylation sites (tertiary alicyclic amines) is 1. The molecule has 3 saturated heterocycles. The van der Waals surface area contributed by atoms with E-state index in [0.29, 0.717) is 26.1 Å². The zero-order valence-electron chi connectivity index (χ0n) is 11.4. The van der Waals surface area contributed by atoms with Gasteiger partial charge in [0, 0.05) is 13.1 Å². The number of hydrogen-bond acceptors (Lipinski definition) is 4. The lowest BCUT2D eigenvalue weighted by atomic mass is 9.87. The van der Waals surface area contributed by atoms with E-state index in [-0.39, 0.29) is 17.7 Å². The van der Waals surface area contributed by atoms with Crippen LogP contribution < -0.4 is 16.0 Å². The Balaban J connectivity index is 1.70. The predicted molar refractivity (Wildman–Crippen MR) is 70.8 cm³/mol. The summed E-state index contributed by atoms with van der Waals surface area (Å²) in [6.07, 6.45) is 3.23. The Bertz CT molecular complexity index is 447. The monoisotopic (exact) mass is 280 g/mol. The highest BCUT2D eigenvalue weighted by atomic mass is 16.2. The fourth-order valence-electron chi connectivity index (χ4n) is 3.38. The zero-order chi connectivity index (χ0) is 14.2. The van der Waals surface area contributed by atoms with Crippen molar-refractivity contribution in [2.24, 2.45) is 5.92 Å². The normalized spacial score (nSPS) is 34.0. The molecule has 0 aromatic rings. The third-order valence-electron chi connectivity index (χ3n) is 4.46. The van der Waals surface area contributed by atoms with Crippen molar-refractivity contribution in [1.82, 2.24) is 20.9 Å². The van der Waals surface area contributed by atoms with E-state index >= 15 is 0 Å². The van der Waals surface area contributed by atoms with Crippen molar-refractivity contribution in [2.75, 3.05) is 26.2 Å². The van der Waals surface area contributed by atoms with Crippen LogP contribution in [-0.2, 0) is 9.59 Å².